The maximum atomic E-state index is 12.1. The minimum absolute atomic E-state index is 0.0259. The molecule has 0 radical (unpaired) electrons. The van der Waals surface area contributed by atoms with Crippen molar-refractivity contribution >= 4 is 35.0 Å². The van der Waals surface area contributed by atoms with Crippen molar-refractivity contribution in [3.05, 3.63) is 16.7 Å². The lowest BCUT2D eigenvalue weighted by Gasteiger charge is -2.18. The highest BCUT2D eigenvalue weighted by molar-refractivity contribution is 5.87. The van der Waals surface area contributed by atoms with Crippen LogP contribution < -0.4 is 10.9 Å². The Morgan fingerprint density at radius 3 is 2.34 bits per heavy atom. The standard InChI is InChI=1S/C17H23N5O7/c1-4-12(24)27-6-11(7-28-13(25)5-2)29-9-22-8-18-14-15(22)20-17(19-10(3)23)21-16(14)26/h8,11H,4-7,9H2,1-3H3,(H2,19,20,21,23,26). The first-order valence-electron chi connectivity index (χ1n) is 8.99. The third kappa shape index (κ3) is 6.38. The number of anilines is 1. The fourth-order valence-electron chi connectivity index (χ4n) is 2.18. The second-order valence-electron chi connectivity index (χ2n) is 5.97. The second-order valence-corrected chi connectivity index (χ2v) is 5.97. The van der Waals surface area contributed by atoms with Gasteiger partial charge in [-0.1, -0.05) is 13.8 Å². The van der Waals surface area contributed by atoms with Gasteiger partial charge in [0, 0.05) is 19.8 Å². The number of aromatic nitrogens is 4. The largest absolute Gasteiger partial charge is 0.463 e. The van der Waals surface area contributed by atoms with Crippen molar-refractivity contribution < 1.29 is 28.6 Å². The van der Waals surface area contributed by atoms with E-state index in [2.05, 4.69) is 20.3 Å². The summed E-state index contributed by atoms with van der Waals surface area (Å²) in [6, 6.07) is 0. The van der Waals surface area contributed by atoms with Crippen LogP contribution in [-0.4, -0.2) is 56.7 Å². The normalized spacial score (nSPS) is 10.9. The number of carbonyl (C=O) groups excluding carboxylic acids is 3. The van der Waals surface area contributed by atoms with Crippen LogP contribution in [0.1, 0.15) is 33.6 Å². The molecular formula is C17H23N5O7. The first-order valence-corrected chi connectivity index (χ1v) is 8.99. The van der Waals surface area contributed by atoms with Crippen molar-refractivity contribution in [2.45, 2.75) is 46.4 Å². The van der Waals surface area contributed by atoms with Crippen LogP contribution in [0.5, 0.6) is 0 Å². The third-order valence-electron chi connectivity index (χ3n) is 3.66. The number of esters is 2. The van der Waals surface area contributed by atoms with Crippen molar-refractivity contribution in [2.24, 2.45) is 0 Å². The molecule has 2 aromatic rings. The first-order chi connectivity index (χ1) is 13.8. The molecule has 0 fully saturated rings. The minimum atomic E-state index is -0.727. The quantitative estimate of drug-likeness (QED) is 0.528. The molecule has 2 N–H and O–H groups in total. The molecule has 0 saturated carbocycles. The summed E-state index contributed by atoms with van der Waals surface area (Å²) in [6.07, 6.45) is 1.02. The van der Waals surface area contributed by atoms with E-state index in [1.54, 1.807) is 13.8 Å². The number of amides is 1. The zero-order chi connectivity index (χ0) is 21.4. The van der Waals surface area contributed by atoms with E-state index in [4.69, 9.17) is 14.2 Å². The van der Waals surface area contributed by atoms with Crippen LogP contribution >= 0.6 is 0 Å². The van der Waals surface area contributed by atoms with E-state index in [1.165, 1.54) is 17.8 Å². The Kier molecular flexibility index (Phi) is 7.83. The predicted octanol–water partition coefficient (Wildman–Crippen LogP) is 0.327. The summed E-state index contributed by atoms with van der Waals surface area (Å²) in [7, 11) is 0. The fourth-order valence-corrected chi connectivity index (χ4v) is 2.18. The second kappa shape index (κ2) is 10.3. The number of rotatable bonds is 10. The Morgan fingerprint density at radius 1 is 1.17 bits per heavy atom. The Balaban J connectivity index is 2.13. The fraction of sp³-hybridized carbons (Fsp3) is 0.529. The smallest absolute Gasteiger partial charge is 0.305 e. The lowest BCUT2D eigenvalue weighted by Crippen LogP contribution is -2.29. The van der Waals surface area contributed by atoms with Crippen LogP contribution in [0.2, 0.25) is 0 Å². The SMILES string of the molecule is CCC(=O)OCC(COC(=O)CC)OCn1cnc2c(=O)[nH]c(NC(C)=O)nc21. The number of carbonyl (C=O) groups is 3. The van der Waals surface area contributed by atoms with Gasteiger partial charge in [-0.05, 0) is 0 Å². The Bertz CT molecular complexity index is 916. The average molecular weight is 409 g/mol. The lowest BCUT2D eigenvalue weighted by atomic mass is 10.4. The van der Waals surface area contributed by atoms with E-state index in [0.717, 1.165) is 0 Å². The van der Waals surface area contributed by atoms with Gasteiger partial charge < -0.3 is 14.2 Å². The van der Waals surface area contributed by atoms with Gasteiger partial charge in [-0.2, -0.15) is 4.98 Å². The van der Waals surface area contributed by atoms with Gasteiger partial charge in [0.05, 0.1) is 6.33 Å². The van der Waals surface area contributed by atoms with Crippen molar-refractivity contribution in [1.29, 1.82) is 0 Å². The maximum absolute atomic E-state index is 12.1. The number of H-pyrrole nitrogens is 1. The van der Waals surface area contributed by atoms with Crippen molar-refractivity contribution in [1.82, 2.24) is 19.5 Å². The average Bonchev–Trinajstić information content (AvgIpc) is 3.09. The summed E-state index contributed by atoms with van der Waals surface area (Å²) >= 11 is 0. The topological polar surface area (TPSA) is 154 Å². The van der Waals surface area contributed by atoms with Crippen LogP contribution in [0.4, 0.5) is 5.95 Å². The first kappa shape index (κ1) is 22.0. The van der Waals surface area contributed by atoms with Gasteiger partial charge >= 0.3 is 11.9 Å². The molecule has 0 aliphatic heterocycles. The number of hydrogen-bond acceptors (Lipinski definition) is 9. The van der Waals surface area contributed by atoms with Gasteiger partial charge in [0.1, 0.15) is 26.0 Å². The number of aromatic amines is 1. The molecule has 1 amide bonds. The van der Waals surface area contributed by atoms with Crippen LogP contribution in [-0.2, 0) is 35.3 Å². The zero-order valence-corrected chi connectivity index (χ0v) is 16.4. The minimum Gasteiger partial charge on any atom is -0.463 e. The molecule has 2 aromatic heterocycles. The van der Waals surface area contributed by atoms with Crippen molar-refractivity contribution in [3.8, 4) is 0 Å². The summed E-state index contributed by atoms with van der Waals surface area (Å²) in [5, 5.41) is 2.40. The van der Waals surface area contributed by atoms with Gasteiger partial charge in [-0.3, -0.25) is 34.0 Å². The van der Waals surface area contributed by atoms with Gasteiger partial charge in [-0.25, -0.2) is 4.98 Å². The molecule has 0 aliphatic carbocycles. The van der Waals surface area contributed by atoms with Gasteiger partial charge in [0.2, 0.25) is 11.9 Å². The van der Waals surface area contributed by atoms with E-state index in [1.807, 2.05) is 0 Å². The molecular weight excluding hydrogens is 386 g/mol. The van der Waals surface area contributed by atoms with Crippen molar-refractivity contribution in [2.75, 3.05) is 18.5 Å². The molecule has 0 unspecified atom stereocenters. The number of nitrogens with one attached hydrogen (secondary N) is 2. The summed E-state index contributed by atoms with van der Waals surface area (Å²) < 4.78 is 17.2. The number of ether oxygens (including phenoxy) is 3. The number of nitrogens with zero attached hydrogens (tertiary/aromatic N) is 3. The van der Waals surface area contributed by atoms with Gasteiger partial charge in [0.15, 0.2) is 11.2 Å². The zero-order valence-electron chi connectivity index (χ0n) is 16.4. The van der Waals surface area contributed by atoms with Crippen LogP contribution in [0.3, 0.4) is 0 Å². The molecule has 2 rings (SSSR count). The molecule has 12 nitrogen and oxygen atoms in total. The van der Waals surface area contributed by atoms with Crippen LogP contribution in [0.15, 0.2) is 11.1 Å². The lowest BCUT2D eigenvalue weighted by molar-refractivity contribution is -0.157. The highest BCUT2D eigenvalue weighted by atomic mass is 16.6. The summed E-state index contributed by atoms with van der Waals surface area (Å²) in [4.78, 5) is 56.6. The van der Waals surface area contributed by atoms with Gasteiger partial charge in [0.25, 0.3) is 5.56 Å². The summed E-state index contributed by atoms with van der Waals surface area (Å²) in [6.45, 7) is 4.27. The van der Waals surface area contributed by atoms with E-state index in [-0.39, 0.29) is 49.9 Å². The molecule has 158 valence electrons. The molecule has 12 heteroatoms. The van der Waals surface area contributed by atoms with Gasteiger partial charge in [-0.15, -0.1) is 0 Å². The van der Waals surface area contributed by atoms with Crippen molar-refractivity contribution in [3.63, 3.8) is 0 Å². The van der Waals surface area contributed by atoms with Crippen LogP contribution in [0.25, 0.3) is 11.2 Å². The molecule has 2 heterocycles. The van der Waals surface area contributed by atoms with E-state index >= 15 is 0 Å². The molecule has 0 bridgehead atoms. The van der Waals surface area contributed by atoms with Crippen LogP contribution in [0, 0.1) is 0 Å². The molecule has 0 aliphatic rings. The van der Waals surface area contributed by atoms with E-state index < -0.39 is 29.5 Å². The Labute approximate surface area is 165 Å². The molecule has 29 heavy (non-hydrogen) atoms. The highest BCUT2D eigenvalue weighted by Gasteiger charge is 2.17. The van der Waals surface area contributed by atoms with E-state index in [9.17, 15) is 19.2 Å². The maximum Gasteiger partial charge on any atom is 0.305 e. The monoisotopic (exact) mass is 409 g/mol. The molecule has 0 aromatic carbocycles. The Morgan fingerprint density at radius 2 is 1.79 bits per heavy atom. The molecule has 0 saturated heterocycles. The van der Waals surface area contributed by atoms with E-state index in [0.29, 0.717) is 0 Å². The third-order valence-corrected chi connectivity index (χ3v) is 3.66. The summed E-state index contributed by atoms with van der Waals surface area (Å²) in [5.74, 6) is -1.25. The molecule has 0 spiro atoms. The number of hydrogen-bond donors (Lipinski definition) is 2. The number of imidazole rings is 1. The molecule has 0 atom stereocenters. The summed E-state index contributed by atoms with van der Waals surface area (Å²) in [5.41, 5.74) is -0.274. The predicted molar refractivity (Wildman–Crippen MR) is 99.8 cm³/mol. The highest BCUT2D eigenvalue weighted by Crippen LogP contribution is 2.09. The Hall–Kier alpha value is -3.28. The number of fused-ring (bicyclic) bond motifs is 1.